The smallest absolute Gasteiger partial charge is 0.302 e. The van der Waals surface area contributed by atoms with Gasteiger partial charge in [-0.3, -0.25) is 14.2 Å². The van der Waals surface area contributed by atoms with Gasteiger partial charge in [0.25, 0.3) is 0 Å². The molecule has 1 aromatic heterocycles. The summed E-state index contributed by atoms with van der Waals surface area (Å²) in [6.07, 6.45) is 1.59. The van der Waals surface area contributed by atoms with E-state index in [1.165, 1.54) is 25.5 Å². The van der Waals surface area contributed by atoms with Crippen molar-refractivity contribution >= 4 is 22.8 Å². The summed E-state index contributed by atoms with van der Waals surface area (Å²) in [7, 11) is 1.53. The fourth-order valence-corrected chi connectivity index (χ4v) is 2.33. The van der Waals surface area contributed by atoms with Crippen LogP contribution in [-0.2, 0) is 9.53 Å². The van der Waals surface area contributed by atoms with E-state index in [9.17, 15) is 9.59 Å². The number of carbonyl (C=O) groups excluding carboxylic acids is 2. The van der Waals surface area contributed by atoms with E-state index in [0.29, 0.717) is 22.2 Å². The summed E-state index contributed by atoms with van der Waals surface area (Å²) >= 11 is 0. The summed E-state index contributed by atoms with van der Waals surface area (Å²) in [6.45, 7) is 2.60. The maximum atomic E-state index is 11.8. The Hall–Kier alpha value is -2.99. The predicted molar refractivity (Wildman–Crippen MR) is 83.3 cm³/mol. The highest BCUT2D eigenvalue weighted by atomic mass is 16.5. The number of ether oxygens (including phenoxy) is 2. The molecule has 0 aliphatic heterocycles. The van der Waals surface area contributed by atoms with E-state index < -0.39 is 12.0 Å². The Balaban J connectivity index is 2.61. The van der Waals surface area contributed by atoms with Crippen molar-refractivity contribution in [1.82, 2.24) is 4.57 Å². The molecule has 8 nitrogen and oxygen atoms in total. The normalized spacial score (nSPS) is 11.6. The number of methoxy groups -OCH3 is 1. The lowest BCUT2D eigenvalue weighted by atomic mass is 10.1. The van der Waals surface area contributed by atoms with Crippen LogP contribution in [0.3, 0.4) is 0 Å². The summed E-state index contributed by atoms with van der Waals surface area (Å²) < 4.78 is 11.6. The van der Waals surface area contributed by atoms with Gasteiger partial charge in [-0.1, -0.05) is 5.11 Å². The molecule has 0 radical (unpaired) electrons. The number of carbonyl (C=O) groups is 2. The van der Waals surface area contributed by atoms with Gasteiger partial charge in [0, 0.05) is 30.3 Å². The zero-order valence-electron chi connectivity index (χ0n) is 13.0. The topological polar surface area (TPSA) is 106 Å². The Bertz CT molecular complexity index is 805. The molecule has 0 unspecified atom stereocenters. The van der Waals surface area contributed by atoms with Crippen molar-refractivity contribution in [2.45, 2.75) is 19.9 Å². The van der Waals surface area contributed by atoms with Crippen LogP contribution in [0.2, 0.25) is 0 Å². The van der Waals surface area contributed by atoms with Gasteiger partial charge in [-0.25, -0.2) is 0 Å². The second-order valence-electron chi connectivity index (χ2n) is 4.88. The molecule has 8 heteroatoms. The van der Waals surface area contributed by atoms with Crippen molar-refractivity contribution in [2.24, 2.45) is 5.11 Å². The van der Waals surface area contributed by atoms with Crippen molar-refractivity contribution < 1.29 is 19.1 Å². The van der Waals surface area contributed by atoms with Crippen LogP contribution < -0.4 is 4.74 Å². The molecule has 0 amide bonds. The van der Waals surface area contributed by atoms with Crippen LogP contribution in [0.1, 0.15) is 30.2 Å². The van der Waals surface area contributed by atoms with Gasteiger partial charge < -0.3 is 9.47 Å². The number of azide groups is 1. The fourth-order valence-electron chi connectivity index (χ4n) is 2.33. The predicted octanol–water partition coefficient (Wildman–Crippen LogP) is 3.22. The van der Waals surface area contributed by atoms with Crippen molar-refractivity contribution in [2.75, 3.05) is 13.7 Å². The van der Waals surface area contributed by atoms with Crippen molar-refractivity contribution in [3.8, 4) is 5.75 Å². The number of aromatic nitrogens is 1. The molecule has 2 aromatic rings. The quantitative estimate of drug-likeness (QED) is 0.365. The molecule has 1 aromatic carbocycles. The van der Waals surface area contributed by atoms with E-state index in [4.69, 9.17) is 15.0 Å². The molecule has 0 aliphatic carbocycles. The Labute approximate surface area is 132 Å². The molecular weight excluding hydrogens is 300 g/mol. The number of benzene rings is 1. The Morgan fingerprint density at radius 2 is 2.13 bits per heavy atom. The Morgan fingerprint density at radius 1 is 1.39 bits per heavy atom. The van der Waals surface area contributed by atoms with E-state index in [1.54, 1.807) is 24.4 Å². The summed E-state index contributed by atoms with van der Waals surface area (Å²) in [5.74, 6) is -0.0538. The molecule has 0 spiro atoms. The molecule has 0 fully saturated rings. The first kappa shape index (κ1) is 16.4. The zero-order chi connectivity index (χ0) is 17.0. The second kappa shape index (κ2) is 6.85. The van der Waals surface area contributed by atoms with Crippen LogP contribution in [0.4, 0.5) is 0 Å². The van der Waals surface area contributed by atoms with E-state index in [0.717, 1.165) is 0 Å². The minimum Gasteiger partial charge on any atom is -0.497 e. The van der Waals surface area contributed by atoms with Crippen molar-refractivity contribution in [3.05, 3.63) is 40.4 Å². The largest absolute Gasteiger partial charge is 0.497 e. The lowest BCUT2D eigenvalue weighted by molar-refractivity contribution is -0.141. The van der Waals surface area contributed by atoms with E-state index in [1.807, 2.05) is 0 Å². The number of fused-ring (bicyclic) bond motifs is 1. The van der Waals surface area contributed by atoms with E-state index in [-0.39, 0.29) is 12.5 Å². The average molecular weight is 316 g/mol. The maximum Gasteiger partial charge on any atom is 0.302 e. The van der Waals surface area contributed by atoms with Crippen LogP contribution >= 0.6 is 0 Å². The number of hydrogen-bond donors (Lipinski definition) is 0. The molecular formula is C15H16N4O4. The van der Waals surface area contributed by atoms with E-state index in [2.05, 4.69) is 10.0 Å². The zero-order valence-corrected chi connectivity index (χ0v) is 13.0. The monoisotopic (exact) mass is 316 g/mol. The highest BCUT2D eigenvalue weighted by Gasteiger charge is 2.20. The SMILES string of the molecule is COc1ccc2c(c1)c([C@@H](COC(C)=O)N=[N+]=[N-])cn2C(C)=O. The molecule has 0 saturated carbocycles. The first-order chi connectivity index (χ1) is 11.0. The van der Waals surface area contributed by atoms with Gasteiger partial charge in [-0.05, 0) is 29.3 Å². The number of hydrogen-bond acceptors (Lipinski definition) is 5. The molecule has 0 N–H and O–H groups in total. The van der Waals surface area contributed by atoms with Gasteiger partial charge in [0.2, 0.25) is 5.91 Å². The van der Waals surface area contributed by atoms with Crippen molar-refractivity contribution in [3.63, 3.8) is 0 Å². The molecule has 120 valence electrons. The molecule has 23 heavy (non-hydrogen) atoms. The van der Waals surface area contributed by atoms with Gasteiger partial charge in [0.15, 0.2) is 0 Å². The highest BCUT2D eigenvalue weighted by Crippen LogP contribution is 2.32. The van der Waals surface area contributed by atoms with Crippen LogP contribution in [0.15, 0.2) is 29.5 Å². The minimum absolute atomic E-state index is 0.104. The number of esters is 1. The van der Waals surface area contributed by atoms with Gasteiger partial charge in [-0.2, -0.15) is 0 Å². The fraction of sp³-hybridized carbons (Fsp3) is 0.333. The maximum absolute atomic E-state index is 11.8. The van der Waals surface area contributed by atoms with Crippen LogP contribution in [0.5, 0.6) is 5.75 Å². The summed E-state index contributed by atoms with van der Waals surface area (Å²) in [5, 5.41) is 4.38. The number of nitrogens with zero attached hydrogens (tertiary/aromatic N) is 4. The highest BCUT2D eigenvalue weighted by molar-refractivity contribution is 5.94. The Kier molecular flexibility index (Phi) is 4.88. The van der Waals surface area contributed by atoms with Crippen LogP contribution in [0, 0.1) is 0 Å². The van der Waals surface area contributed by atoms with Crippen molar-refractivity contribution in [1.29, 1.82) is 0 Å². The molecule has 1 heterocycles. The molecule has 0 aliphatic rings. The molecule has 0 saturated heterocycles. The third-order valence-corrected chi connectivity index (χ3v) is 3.38. The van der Waals surface area contributed by atoms with Gasteiger partial charge >= 0.3 is 5.97 Å². The Morgan fingerprint density at radius 3 is 2.70 bits per heavy atom. The molecule has 0 bridgehead atoms. The summed E-state index contributed by atoms with van der Waals surface area (Å²) in [6, 6.07) is 4.50. The first-order valence-electron chi connectivity index (χ1n) is 6.85. The summed E-state index contributed by atoms with van der Waals surface area (Å²) in [5.41, 5.74) is 10.0. The third kappa shape index (κ3) is 3.44. The minimum atomic E-state index is -0.737. The number of rotatable bonds is 5. The third-order valence-electron chi connectivity index (χ3n) is 3.38. The molecule has 1 atom stereocenters. The second-order valence-corrected chi connectivity index (χ2v) is 4.88. The standard InChI is InChI=1S/C15H16N4O4/c1-9(20)19-7-13(14(17-18-16)8-23-10(2)21)12-6-11(22-3)4-5-15(12)19/h4-7,14H,8H2,1-3H3/t14-/m1/s1. The van der Waals surface area contributed by atoms with Gasteiger partial charge in [0.05, 0.1) is 18.7 Å². The average Bonchev–Trinajstić information content (AvgIpc) is 2.90. The molecule has 2 rings (SSSR count). The van der Waals surface area contributed by atoms with Gasteiger partial charge in [0.1, 0.15) is 12.4 Å². The lowest BCUT2D eigenvalue weighted by Crippen LogP contribution is -2.09. The van der Waals surface area contributed by atoms with E-state index >= 15 is 0 Å². The van der Waals surface area contributed by atoms with Crippen LogP contribution in [0.25, 0.3) is 21.3 Å². The van der Waals surface area contributed by atoms with Gasteiger partial charge in [-0.15, -0.1) is 0 Å². The van der Waals surface area contributed by atoms with Crippen LogP contribution in [-0.4, -0.2) is 30.2 Å². The summed E-state index contributed by atoms with van der Waals surface area (Å²) in [4.78, 5) is 25.6. The first-order valence-corrected chi connectivity index (χ1v) is 6.85. The lowest BCUT2D eigenvalue weighted by Gasteiger charge is -2.10.